The highest BCUT2D eigenvalue weighted by molar-refractivity contribution is 9.10. The summed E-state index contributed by atoms with van der Waals surface area (Å²) in [5.74, 6) is 0.978. The third kappa shape index (κ3) is 5.40. The minimum Gasteiger partial charge on any atom is -0.361 e. The smallest absolute Gasteiger partial charge is 0.275 e. The van der Waals surface area contributed by atoms with Gasteiger partial charge >= 0.3 is 0 Å². The zero-order valence-corrected chi connectivity index (χ0v) is 16.9. The maximum atomic E-state index is 12.4. The van der Waals surface area contributed by atoms with Crippen LogP contribution in [0.15, 0.2) is 39.3 Å². The van der Waals surface area contributed by atoms with Gasteiger partial charge in [-0.25, -0.2) is 0 Å². The lowest BCUT2D eigenvalue weighted by molar-refractivity contribution is -1.02. The number of benzene rings is 1. The number of halogens is 1. The molecule has 3 rings (SSSR count). The number of aryl methyl sites for hydroxylation is 1. The van der Waals surface area contributed by atoms with Crippen LogP contribution in [0.2, 0.25) is 0 Å². The number of nitrogens with zero attached hydrogens (tertiary/aromatic N) is 1. The lowest BCUT2D eigenvalue weighted by Crippen LogP contribution is -3.28. The number of amides is 1. The van der Waals surface area contributed by atoms with E-state index in [-0.39, 0.29) is 11.9 Å². The summed E-state index contributed by atoms with van der Waals surface area (Å²) in [7, 11) is 0. The van der Waals surface area contributed by atoms with E-state index in [4.69, 9.17) is 4.52 Å². The lowest BCUT2D eigenvalue weighted by atomic mass is 10.1. The number of rotatable bonds is 6. The highest BCUT2D eigenvalue weighted by Crippen LogP contribution is 2.16. The standard InChI is InChI=1S/C19H25BrN4O2/c1-14-11-18(22-26-14)12-23-7-9-24(10-8-23)13-19(25)21-15(2)16-3-5-17(20)6-4-16/h3-6,11,15H,7-10,12-13H2,1-2H3,(H,21,25)/p+2/t15-/m1/s1. The fourth-order valence-electron chi connectivity index (χ4n) is 3.42. The van der Waals surface area contributed by atoms with Gasteiger partial charge in [0.25, 0.3) is 5.91 Å². The fraction of sp³-hybridized carbons (Fsp3) is 0.474. The van der Waals surface area contributed by atoms with Crippen LogP contribution in [0.3, 0.4) is 0 Å². The van der Waals surface area contributed by atoms with Gasteiger partial charge in [0.2, 0.25) is 0 Å². The molecule has 3 N–H and O–H groups in total. The normalized spacial score (nSPS) is 21.3. The quantitative estimate of drug-likeness (QED) is 0.609. The molecule has 1 aromatic heterocycles. The Morgan fingerprint density at radius 3 is 2.50 bits per heavy atom. The Labute approximate surface area is 162 Å². The van der Waals surface area contributed by atoms with Crippen molar-refractivity contribution in [2.24, 2.45) is 0 Å². The van der Waals surface area contributed by atoms with Crippen LogP contribution in [0.1, 0.15) is 30.0 Å². The second-order valence-electron chi connectivity index (χ2n) is 7.12. The predicted molar refractivity (Wildman–Crippen MR) is 102 cm³/mol. The van der Waals surface area contributed by atoms with E-state index >= 15 is 0 Å². The van der Waals surface area contributed by atoms with Crippen molar-refractivity contribution in [2.75, 3.05) is 32.7 Å². The fourth-order valence-corrected chi connectivity index (χ4v) is 3.69. The predicted octanol–water partition coefficient (Wildman–Crippen LogP) is -0.0937. The van der Waals surface area contributed by atoms with E-state index in [1.807, 2.05) is 44.2 Å². The molecule has 1 atom stereocenters. The molecule has 1 amide bonds. The van der Waals surface area contributed by atoms with Crippen LogP contribution in [0.5, 0.6) is 0 Å². The summed E-state index contributed by atoms with van der Waals surface area (Å²) >= 11 is 3.44. The summed E-state index contributed by atoms with van der Waals surface area (Å²) in [5, 5.41) is 7.19. The SMILES string of the molecule is Cc1cc(C[NH+]2CC[NH+](CC(=O)N[C@H](C)c3ccc(Br)cc3)CC2)no1. The second-order valence-corrected chi connectivity index (χ2v) is 8.04. The van der Waals surface area contributed by atoms with E-state index < -0.39 is 0 Å². The van der Waals surface area contributed by atoms with Crippen molar-refractivity contribution < 1.29 is 19.1 Å². The number of quaternary nitrogens is 2. The van der Waals surface area contributed by atoms with Gasteiger partial charge in [-0.05, 0) is 31.5 Å². The van der Waals surface area contributed by atoms with Crippen molar-refractivity contribution in [1.29, 1.82) is 0 Å². The van der Waals surface area contributed by atoms with Gasteiger partial charge in [-0.15, -0.1) is 0 Å². The molecule has 2 aromatic rings. The maximum Gasteiger partial charge on any atom is 0.275 e. The monoisotopic (exact) mass is 422 g/mol. The van der Waals surface area contributed by atoms with Crippen LogP contribution in [0.4, 0.5) is 0 Å². The summed E-state index contributed by atoms with van der Waals surface area (Å²) in [4.78, 5) is 15.2. The van der Waals surface area contributed by atoms with Gasteiger partial charge in [0.1, 0.15) is 44.2 Å². The van der Waals surface area contributed by atoms with E-state index in [1.165, 1.54) is 9.80 Å². The Morgan fingerprint density at radius 1 is 1.23 bits per heavy atom. The highest BCUT2D eigenvalue weighted by Gasteiger charge is 2.26. The Kier molecular flexibility index (Phi) is 6.45. The third-order valence-corrected chi connectivity index (χ3v) is 5.46. The lowest BCUT2D eigenvalue weighted by Gasteiger charge is -2.29. The van der Waals surface area contributed by atoms with Gasteiger partial charge in [0.05, 0.1) is 6.04 Å². The average molecular weight is 423 g/mol. The molecule has 2 heterocycles. The van der Waals surface area contributed by atoms with Gasteiger partial charge in [-0.2, -0.15) is 0 Å². The van der Waals surface area contributed by atoms with Crippen LogP contribution in [-0.4, -0.2) is 43.8 Å². The number of hydrogen-bond donors (Lipinski definition) is 3. The zero-order chi connectivity index (χ0) is 18.5. The Hall–Kier alpha value is -1.70. The molecule has 6 nitrogen and oxygen atoms in total. The largest absolute Gasteiger partial charge is 0.361 e. The van der Waals surface area contributed by atoms with Crippen molar-refractivity contribution in [3.63, 3.8) is 0 Å². The first-order chi connectivity index (χ1) is 12.5. The van der Waals surface area contributed by atoms with Gasteiger partial charge in [-0.3, -0.25) is 4.79 Å². The molecule has 1 saturated heterocycles. The molecule has 26 heavy (non-hydrogen) atoms. The highest BCUT2D eigenvalue weighted by atomic mass is 79.9. The molecular weight excluding hydrogens is 396 g/mol. The summed E-state index contributed by atoms with van der Waals surface area (Å²) in [6.45, 7) is 9.50. The molecule has 0 saturated carbocycles. The molecule has 0 spiro atoms. The van der Waals surface area contributed by atoms with Crippen LogP contribution >= 0.6 is 15.9 Å². The van der Waals surface area contributed by atoms with Crippen LogP contribution < -0.4 is 15.1 Å². The first kappa shape index (κ1) is 19.1. The summed E-state index contributed by atoms with van der Waals surface area (Å²) in [6.07, 6.45) is 0. The van der Waals surface area contributed by atoms with Crippen molar-refractivity contribution in [3.05, 3.63) is 51.8 Å². The first-order valence-corrected chi connectivity index (χ1v) is 9.93. The van der Waals surface area contributed by atoms with E-state index in [1.54, 1.807) is 0 Å². The molecule has 0 bridgehead atoms. The summed E-state index contributed by atoms with van der Waals surface area (Å²) in [6, 6.07) is 10.1. The Bertz CT molecular complexity index is 723. The van der Waals surface area contributed by atoms with E-state index in [9.17, 15) is 4.79 Å². The number of piperazine rings is 1. The third-order valence-electron chi connectivity index (χ3n) is 4.93. The zero-order valence-electron chi connectivity index (χ0n) is 15.3. The van der Waals surface area contributed by atoms with Crippen molar-refractivity contribution in [1.82, 2.24) is 10.5 Å². The summed E-state index contributed by atoms with van der Waals surface area (Å²) < 4.78 is 6.18. The van der Waals surface area contributed by atoms with E-state index in [2.05, 4.69) is 26.4 Å². The van der Waals surface area contributed by atoms with Crippen LogP contribution in [-0.2, 0) is 11.3 Å². The van der Waals surface area contributed by atoms with Gasteiger partial charge in [0, 0.05) is 10.5 Å². The molecule has 0 aliphatic carbocycles. The molecule has 0 radical (unpaired) electrons. The molecule has 1 aliphatic heterocycles. The number of nitrogens with one attached hydrogen (secondary N) is 3. The number of carbonyl (C=O) groups is 1. The van der Waals surface area contributed by atoms with Crippen molar-refractivity contribution in [2.45, 2.75) is 26.4 Å². The van der Waals surface area contributed by atoms with Gasteiger partial charge in [0.15, 0.2) is 6.54 Å². The minimum atomic E-state index is 0.0253. The van der Waals surface area contributed by atoms with Crippen LogP contribution in [0, 0.1) is 6.92 Å². The van der Waals surface area contributed by atoms with Gasteiger partial charge in [-0.1, -0.05) is 33.2 Å². The molecule has 1 aliphatic rings. The average Bonchev–Trinajstić information content (AvgIpc) is 3.02. The van der Waals surface area contributed by atoms with E-state index in [0.717, 1.165) is 54.2 Å². The van der Waals surface area contributed by atoms with Crippen LogP contribution in [0.25, 0.3) is 0 Å². The molecule has 0 unspecified atom stereocenters. The molecule has 7 heteroatoms. The second kappa shape index (κ2) is 8.79. The molecular formula is C19H27BrN4O2+2. The van der Waals surface area contributed by atoms with E-state index in [0.29, 0.717) is 6.54 Å². The van der Waals surface area contributed by atoms with Gasteiger partial charge < -0.3 is 19.6 Å². The molecule has 1 fully saturated rings. The minimum absolute atomic E-state index is 0.0253. The van der Waals surface area contributed by atoms with Crippen molar-refractivity contribution in [3.8, 4) is 0 Å². The maximum absolute atomic E-state index is 12.4. The summed E-state index contributed by atoms with van der Waals surface area (Å²) in [5.41, 5.74) is 2.13. The topological polar surface area (TPSA) is 64.0 Å². The van der Waals surface area contributed by atoms with Crippen molar-refractivity contribution >= 4 is 21.8 Å². The number of aromatic nitrogens is 1. The Balaban J connectivity index is 1.41. The molecule has 1 aromatic carbocycles. The Morgan fingerprint density at radius 2 is 1.88 bits per heavy atom. The number of carbonyl (C=O) groups excluding carboxylic acids is 1. The first-order valence-electron chi connectivity index (χ1n) is 9.14. The number of hydrogen-bond acceptors (Lipinski definition) is 3. The molecule has 140 valence electrons.